The minimum Gasteiger partial charge on any atom is -0.427 e. The van der Waals surface area contributed by atoms with Gasteiger partial charge in [0.05, 0.1) is 4.92 Å². The first-order valence-electron chi connectivity index (χ1n) is 7.90. The molecule has 0 saturated heterocycles. The summed E-state index contributed by atoms with van der Waals surface area (Å²) in [4.78, 5) is 37.7. The van der Waals surface area contributed by atoms with E-state index in [4.69, 9.17) is 9.47 Å². The topological polar surface area (TPSA) is 108 Å². The number of nitro benzene ring substituents is 1. The molecule has 2 aromatic rings. The van der Waals surface area contributed by atoms with Crippen molar-refractivity contribution in [2.45, 2.75) is 13.8 Å². The first kappa shape index (κ1) is 18.0. The fourth-order valence-electron chi connectivity index (χ4n) is 2.43. The van der Waals surface area contributed by atoms with E-state index in [0.717, 1.165) is 0 Å². The number of carbonyl (C=O) groups excluding carboxylic acids is 2. The van der Waals surface area contributed by atoms with E-state index in [0.29, 0.717) is 22.4 Å². The van der Waals surface area contributed by atoms with E-state index in [9.17, 15) is 19.7 Å². The van der Waals surface area contributed by atoms with Gasteiger partial charge in [-0.1, -0.05) is 18.2 Å². The number of nitrogens with zero attached hydrogens (tertiary/aromatic N) is 2. The average Bonchev–Trinajstić information content (AvgIpc) is 2.97. The van der Waals surface area contributed by atoms with E-state index >= 15 is 0 Å². The van der Waals surface area contributed by atoms with Gasteiger partial charge in [-0.15, -0.1) is 0 Å². The Morgan fingerprint density at radius 3 is 2.56 bits per heavy atom. The molecule has 0 bridgehead atoms. The highest BCUT2D eigenvalue weighted by Crippen LogP contribution is 2.24. The molecule has 0 aromatic heterocycles. The Hall–Kier alpha value is -3.81. The summed E-state index contributed by atoms with van der Waals surface area (Å²) in [7, 11) is 0. The van der Waals surface area contributed by atoms with E-state index in [1.807, 2.05) is 0 Å². The van der Waals surface area contributed by atoms with Crippen LogP contribution in [0.3, 0.4) is 0 Å². The van der Waals surface area contributed by atoms with Gasteiger partial charge in [0.25, 0.3) is 5.69 Å². The molecule has 136 valence electrons. The van der Waals surface area contributed by atoms with Gasteiger partial charge in [0, 0.05) is 24.1 Å². The van der Waals surface area contributed by atoms with Crippen LogP contribution in [-0.2, 0) is 14.3 Å². The normalized spacial score (nSPS) is 14.7. The van der Waals surface area contributed by atoms with Crippen LogP contribution in [0.25, 0.3) is 6.08 Å². The van der Waals surface area contributed by atoms with Crippen molar-refractivity contribution in [1.29, 1.82) is 0 Å². The second-order valence-electron chi connectivity index (χ2n) is 5.76. The number of hydrogen-bond donors (Lipinski definition) is 0. The van der Waals surface area contributed by atoms with E-state index in [-0.39, 0.29) is 17.3 Å². The molecule has 1 heterocycles. The lowest BCUT2D eigenvalue weighted by Crippen LogP contribution is -2.06. The largest absolute Gasteiger partial charge is 0.427 e. The molecule has 0 radical (unpaired) electrons. The number of rotatable bonds is 4. The molecule has 3 rings (SSSR count). The van der Waals surface area contributed by atoms with Crippen molar-refractivity contribution >= 4 is 29.6 Å². The van der Waals surface area contributed by atoms with Crippen LogP contribution in [-0.4, -0.2) is 22.8 Å². The Morgan fingerprint density at radius 2 is 1.93 bits per heavy atom. The summed E-state index contributed by atoms with van der Waals surface area (Å²) < 4.78 is 10.1. The molecule has 0 unspecified atom stereocenters. The zero-order valence-corrected chi connectivity index (χ0v) is 14.5. The molecular weight excluding hydrogens is 352 g/mol. The molecule has 27 heavy (non-hydrogen) atoms. The molecule has 8 heteroatoms. The van der Waals surface area contributed by atoms with Crippen LogP contribution in [0.4, 0.5) is 5.69 Å². The predicted octanol–water partition coefficient (Wildman–Crippen LogP) is 3.17. The van der Waals surface area contributed by atoms with Crippen LogP contribution in [0.2, 0.25) is 0 Å². The SMILES string of the molecule is CC(=O)Oc1ccc(/C=C2\N=C(c3ccc(C)c([N+](=O)[O-])c3)OC2=O)cc1. The molecule has 0 N–H and O–H groups in total. The van der Waals surface area contributed by atoms with Gasteiger partial charge in [0.1, 0.15) is 5.75 Å². The number of carbonyl (C=O) groups is 2. The molecule has 1 aliphatic rings. The molecule has 2 aromatic carbocycles. The van der Waals surface area contributed by atoms with Crippen molar-refractivity contribution in [1.82, 2.24) is 0 Å². The van der Waals surface area contributed by atoms with Crippen LogP contribution >= 0.6 is 0 Å². The number of esters is 2. The van der Waals surface area contributed by atoms with Gasteiger partial charge in [-0.3, -0.25) is 14.9 Å². The summed E-state index contributed by atoms with van der Waals surface area (Å²) >= 11 is 0. The first-order chi connectivity index (χ1) is 12.8. The quantitative estimate of drug-likeness (QED) is 0.270. The summed E-state index contributed by atoms with van der Waals surface area (Å²) in [5, 5.41) is 11.1. The van der Waals surface area contributed by atoms with Crippen LogP contribution in [0.5, 0.6) is 5.75 Å². The van der Waals surface area contributed by atoms with Crippen molar-refractivity contribution in [2.24, 2.45) is 4.99 Å². The van der Waals surface area contributed by atoms with Gasteiger partial charge >= 0.3 is 11.9 Å². The molecule has 0 aliphatic carbocycles. The van der Waals surface area contributed by atoms with Crippen LogP contribution in [0, 0.1) is 17.0 Å². The third-order valence-corrected chi connectivity index (χ3v) is 3.72. The molecule has 0 amide bonds. The highest BCUT2D eigenvalue weighted by molar-refractivity contribution is 6.13. The number of aliphatic imine (C=N–C) groups is 1. The molecule has 8 nitrogen and oxygen atoms in total. The maximum Gasteiger partial charge on any atom is 0.363 e. The van der Waals surface area contributed by atoms with E-state index in [1.165, 1.54) is 19.1 Å². The fourth-order valence-corrected chi connectivity index (χ4v) is 2.43. The zero-order valence-electron chi connectivity index (χ0n) is 14.5. The highest BCUT2D eigenvalue weighted by Gasteiger charge is 2.25. The molecular formula is C19H14N2O6. The third-order valence-electron chi connectivity index (χ3n) is 3.72. The standard InChI is InChI=1S/C19H14N2O6/c1-11-3-6-14(10-17(11)21(24)25)18-20-16(19(23)27-18)9-13-4-7-15(8-5-13)26-12(2)22/h3-10H,1-2H3/b16-9-. The van der Waals surface area contributed by atoms with E-state index < -0.39 is 16.9 Å². The van der Waals surface area contributed by atoms with E-state index in [2.05, 4.69) is 4.99 Å². The summed E-state index contributed by atoms with van der Waals surface area (Å²) in [6.45, 7) is 2.92. The lowest BCUT2D eigenvalue weighted by atomic mass is 10.1. The Morgan fingerprint density at radius 1 is 1.22 bits per heavy atom. The molecule has 0 spiro atoms. The van der Waals surface area contributed by atoms with Crippen molar-refractivity contribution in [3.05, 3.63) is 75.0 Å². The monoisotopic (exact) mass is 366 g/mol. The third kappa shape index (κ3) is 4.06. The average molecular weight is 366 g/mol. The number of hydrogen-bond acceptors (Lipinski definition) is 7. The molecule has 0 atom stereocenters. The lowest BCUT2D eigenvalue weighted by molar-refractivity contribution is -0.385. The summed E-state index contributed by atoms with van der Waals surface area (Å²) in [6, 6.07) is 11.0. The number of nitro groups is 1. The van der Waals surface area contributed by atoms with Crippen molar-refractivity contribution in [3.8, 4) is 5.75 Å². The number of cyclic esters (lactones) is 1. The predicted molar refractivity (Wildman–Crippen MR) is 96.2 cm³/mol. The number of ether oxygens (including phenoxy) is 2. The number of benzene rings is 2. The van der Waals surface area contributed by atoms with E-state index in [1.54, 1.807) is 43.3 Å². The Labute approximate surface area is 153 Å². The Bertz CT molecular complexity index is 1010. The smallest absolute Gasteiger partial charge is 0.363 e. The molecule has 1 aliphatic heterocycles. The fraction of sp³-hybridized carbons (Fsp3) is 0.105. The zero-order chi connectivity index (χ0) is 19.6. The minimum atomic E-state index is -0.655. The van der Waals surface area contributed by atoms with Crippen molar-refractivity contribution < 1.29 is 24.0 Å². The highest BCUT2D eigenvalue weighted by atomic mass is 16.6. The minimum absolute atomic E-state index is 0.00545. The van der Waals surface area contributed by atoms with Crippen LogP contribution in [0.1, 0.15) is 23.6 Å². The Balaban J connectivity index is 1.88. The maximum absolute atomic E-state index is 12.1. The van der Waals surface area contributed by atoms with Crippen LogP contribution in [0.15, 0.2) is 53.2 Å². The second-order valence-corrected chi connectivity index (χ2v) is 5.76. The number of aryl methyl sites for hydroxylation is 1. The van der Waals surface area contributed by atoms with Gasteiger partial charge in [-0.05, 0) is 36.8 Å². The van der Waals surface area contributed by atoms with Gasteiger partial charge in [-0.25, -0.2) is 9.79 Å². The second kappa shape index (κ2) is 7.20. The summed E-state index contributed by atoms with van der Waals surface area (Å²) in [5.74, 6) is -0.695. The van der Waals surface area contributed by atoms with Gasteiger partial charge in [0.15, 0.2) is 5.70 Å². The summed E-state index contributed by atoms with van der Waals surface area (Å²) in [5.41, 5.74) is 1.47. The molecule has 0 fully saturated rings. The maximum atomic E-state index is 12.1. The van der Waals surface area contributed by atoms with Crippen molar-refractivity contribution in [2.75, 3.05) is 0 Å². The lowest BCUT2D eigenvalue weighted by Gasteiger charge is -2.01. The molecule has 0 saturated carbocycles. The van der Waals surface area contributed by atoms with Gasteiger partial charge in [-0.2, -0.15) is 0 Å². The van der Waals surface area contributed by atoms with Gasteiger partial charge in [0.2, 0.25) is 5.90 Å². The first-order valence-corrected chi connectivity index (χ1v) is 7.90. The van der Waals surface area contributed by atoms with Crippen molar-refractivity contribution in [3.63, 3.8) is 0 Å². The Kier molecular flexibility index (Phi) is 4.80. The van der Waals surface area contributed by atoms with Gasteiger partial charge < -0.3 is 9.47 Å². The van der Waals surface area contributed by atoms with Crippen LogP contribution < -0.4 is 4.74 Å². The summed E-state index contributed by atoms with van der Waals surface area (Å²) in [6.07, 6.45) is 1.51.